The summed E-state index contributed by atoms with van der Waals surface area (Å²) in [6.07, 6.45) is 3.99. The van der Waals surface area contributed by atoms with Gasteiger partial charge in [0, 0.05) is 0 Å². The Morgan fingerprint density at radius 1 is 1.19 bits per heavy atom. The first-order chi connectivity index (χ1) is 7.13. The maximum absolute atomic E-state index is 11.3. The molecule has 5 nitrogen and oxygen atoms in total. The lowest BCUT2D eigenvalue weighted by Gasteiger charge is -2.15. The van der Waals surface area contributed by atoms with Crippen LogP contribution in [0.1, 0.15) is 20.8 Å². The van der Waals surface area contributed by atoms with Gasteiger partial charge in [-0.05, 0) is 26.8 Å². The Kier molecular flexibility index (Phi) is 5.67. The van der Waals surface area contributed by atoms with E-state index < -0.39 is 15.5 Å². The zero-order valence-electron chi connectivity index (χ0n) is 10.0. The first kappa shape index (κ1) is 15.1. The second-order valence-corrected chi connectivity index (χ2v) is 5.95. The minimum atomic E-state index is -3.41. The molecule has 0 bridgehead atoms. The summed E-state index contributed by atoms with van der Waals surface area (Å²) in [6, 6.07) is 0. The summed E-state index contributed by atoms with van der Waals surface area (Å²) in [6.45, 7) is 5.33. The molecule has 94 valence electrons. The molecule has 16 heavy (non-hydrogen) atoms. The Balaban J connectivity index is 3.76. The number of carbonyl (C=O) groups is 1. The molecule has 0 aromatic carbocycles. The molecule has 0 aliphatic rings. The van der Waals surface area contributed by atoms with Crippen molar-refractivity contribution in [3.8, 4) is 0 Å². The standard InChI is InChI=1S/C10H18O5S/c1-10(2,3)9(11)14-7-5-6-8-15-16(4,12)13/h5-6H,7-8H2,1-4H3. The van der Waals surface area contributed by atoms with Crippen molar-refractivity contribution in [1.82, 2.24) is 0 Å². The molecule has 0 rings (SSSR count). The maximum atomic E-state index is 11.3. The normalized spacial score (nSPS) is 13.0. The van der Waals surface area contributed by atoms with E-state index in [4.69, 9.17) is 4.74 Å². The highest BCUT2D eigenvalue weighted by molar-refractivity contribution is 7.85. The van der Waals surface area contributed by atoms with Gasteiger partial charge in [0.1, 0.15) is 6.61 Å². The number of rotatable bonds is 5. The third-order valence-corrected chi connectivity index (χ3v) is 2.03. The van der Waals surface area contributed by atoms with Gasteiger partial charge in [0.25, 0.3) is 10.1 Å². The molecule has 0 N–H and O–H groups in total. The molecule has 0 aliphatic carbocycles. The molecular weight excluding hydrogens is 232 g/mol. The minimum absolute atomic E-state index is 0.0497. The van der Waals surface area contributed by atoms with Crippen molar-refractivity contribution in [3.63, 3.8) is 0 Å². The van der Waals surface area contributed by atoms with E-state index in [1.165, 1.54) is 12.2 Å². The highest BCUT2D eigenvalue weighted by atomic mass is 32.2. The maximum Gasteiger partial charge on any atom is 0.311 e. The van der Waals surface area contributed by atoms with Gasteiger partial charge < -0.3 is 4.74 Å². The third-order valence-electron chi connectivity index (χ3n) is 1.47. The molecule has 0 heterocycles. The Hall–Kier alpha value is -0.880. The van der Waals surface area contributed by atoms with Crippen LogP contribution < -0.4 is 0 Å². The average Bonchev–Trinajstić information content (AvgIpc) is 2.07. The molecule has 0 fully saturated rings. The van der Waals surface area contributed by atoms with Crippen molar-refractivity contribution in [2.75, 3.05) is 19.5 Å². The smallest absolute Gasteiger partial charge is 0.311 e. The van der Waals surface area contributed by atoms with Crippen molar-refractivity contribution in [1.29, 1.82) is 0 Å². The van der Waals surface area contributed by atoms with Crippen molar-refractivity contribution < 1.29 is 22.1 Å². The van der Waals surface area contributed by atoms with Crippen LogP contribution >= 0.6 is 0 Å². The number of carbonyl (C=O) groups excluding carboxylic acids is 1. The summed E-state index contributed by atoms with van der Waals surface area (Å²) in [5.41, 5.74) is -0.531. The molecule has 6 heteroatoms. The van der Waals surface area contributed by atoms with Crippen LogP contribution in [0.15, 0.2) is 12.2 Å². The minimum Gasteiger partial charge on any atom is -0.461 e. The van der Waals surface area contributed by atoms with Crippen molar-refractivity contribution in [3.05, 3.63) is 12.2 Å². The molecule has 0 saturated heterocycles. The number of hydrogen-bond donors (Lipinski definition) is 0. The van der Waals surface area contributed by atoms with Crippen molar-refractivity contribution in [2.45, 2.75) is 20.8 Å². The van der Waals surface area contributed by atoms with Gasteiger partial charge in [-0.25, -0.2) is 0 Å². The topological polar surface area (TPSA) is 69.7 Å². The zero-order chi connectivity index (χ0) is 12.8. The molecule has 0 amide bonds. The lowest BCUT2D eigenvalue weighted by atomic mass is 9.97. The Morgan fingerprint density at radius 2 is 1.69 bits per heavy atom. The largest absolute Gasteiger partial charge is 0.461 e. The van der Waals surface area contributed by atoms with Gasteiger partial charge in [-0.2, -0.15) is 8.42 Å². The SMILES string of the molecule is CC(C)(C)C(=O)OCC=CCOS(C)(=O)=O. The molecule has 0 atom stereocenters. The van der Waals surface area contributed by atoms with Crippen LogP contribution in [0.3, 0.4) is 0 Å². The zero-order valence-corrected chi connectivity index (χ0v) is 10.8. The van der Waals surface area contributed by atoms with E-state index >= 15 is 0 Å². The highest BCUT2D eigenvalue weighted by Crippen LogP contribution is 2.14. The van der Waals surface area contributed by atoms with Gasteiger partial charge in [0.15, 0.2) is 0 Å². The Bertz CT molecular complexity index is 348. The van der Waals surface area contributed by atoms with Crippen molar-refractivity contribution >= 4 is 16.1 Å². The fourth-order valence-electron chi connectivity index (χ4n) is 0.639. The van der Waals surface area contributed by atoms with Gasteiger partial charge in [0.05, 0.1) is 18.3 Å². The van der Waals surface area contributed by atoms with Gasteiger partial charge in [-0.3, -0.25) is 8.98 Å². The van der Waals surface area contributed by atoms with Crippen LogP contribution in [0.25, 0.3) is 0 Å². The van der Waals surface area contributed by atoms with Gasteiger partial charge in [-0.1, -0.05) is 6.08 Å². The summed E-state index contributed by atoms with van der Waals surface area (Å²) >= 11 is 0. The van der Waals surface area contributed by atoms with Gasteiger partial charge in [0.2, 0.25) is 0 Å². The van der Waals surface area contributed by atoms with Crippen LogP contribution in [0.2, 0.25) is 0 Å². The summed E-state index contributed by atoms with van der Waals surface area (Å²) < 4.78 is 30.5. The predicted molar refractivity (Wildman–Crippen MR) is 60.3 cm³/mol. The molecule has 0 aromatic heterocycles. The number of ether oxygens (including phenoxy) is 1. The van der Waals surface area contributed by atoms with Crippen molar-refractivity contribution in [2.24, 2.45) is 5.41 Å². The third kappa shape index (κ3) is 8.43. The van der Waals surface area contributed by atoms with E-state index in [-0.39, 0.29) is 19.2 Å². The molecule has 0 radical (unpaired) electrons. The van der Waals surface area contributed by atoms with Crippen LogP contribution in [-0.2, 0) is 23.8 Å². The lowest BCUT2D eigenvalue weighted by molar-refractivity contribution is -0.151. The molecule has 0 unspecified atom stereocenters. The van der Waals surface area contributed by atoms with Crippen LogP contribution in [0.4, 0.5) is 0 Å². The van der Waals surface area contributed by atoms with Crippen LogP contribution in [-0.4, -0.2) is 33.9 Å². The molecular formula is C10H18O5S. The highest BCUT2D eigenvalue weighted by Gasteiger charge is 2.22. The van der Waals surface area contributed by atoms with E-state index in [1.54, 1.807) is 20.8 Å². The average molecular weight is 250 g/mol. The fraction of sp³-hybridized carbons (Fsp3) is 0.700. The Morgan fingerprint density at radius 3 is 2.12 bits per heavy atom. The van der Waals surface area contributed by atoms with E-state index in [1.807, 2.05) is 0 Å². The first-order valence-corrected chi connectivity index (χ1v) is 6.61. The summed E-state index contributed by atoms with van der Waals surface area (Å²) in [4.78, 5) is 11.3. The summed E-state index contributed by atoms with van der Waals surface area (Å²) in [7, 11) is -3.41. The first-order valence-electron chi connectivity index (χ1n) is 4.79. The molecule has 0 aromatic rings. The predicted octanol–water partition coefficient (Wildman–Crippen LogP) is 1.11. The Labute approximate surface area is 96.6 Å². The molecule has 0 spiro atoms. The van der Waals surface area contributed by atoms with Crippen LogP contribution in [0, 0.1) is 5.41 Å². The summed E-state index contributed by atoms with van der Waals surface area (Å²) in [5, 5.41) is 0. The van der Waals surface area contributed by atoms with E-state index in [0.717, 1.165) is 6.26 Å². The van der Waals surface area contributed by atoms with E-state index in [9.17, 15) is 13.2 Å². The van der Waals surface area contributed by atoms with E-state index in [0.29, 0.717) is 0 Å². The molecule has 0 saturated carbocycles. The monoisotopic (exact) mass is 250 g/mol. The molecule has 0 aliphatic heterocycles. The second kappa shape index (κ2) is 6.00. The van der Waals surface area contributed by atoms with Crippen LogP contribution in [0.5, 0.6) is 0 Å². The lowest BCUT2D eigenvalue weighted by Crippen LogP contribution is -2.22. The quantitative estimate of drug-likeness (QED) is 0.415. The van der Waals surface area contributed by atoms with E-state index in [2.05, 4.69) is 4.18 Å². The summed E-state index contributed by atoms with van der Waals surface area (Å²) in [5.74, 6) is -0.304. The van der Waals surface area contributed by atoms with Gasteiger partial charge in [-0.15, -0.1) is 0 Å². The number of esters is 1. The second-order valence-electron chi connectivity index (χ2n) is 4.31. The fourth-order valence-corrected chi connectivity index (χ4v) is 0.965. The van der Waals surface area contributed by atoms with Gasteiger partial charge >= 0.3 is 5.97 Å². The number of hydrogen-bond acceptors (Lipinski definition) is 5.